The van der Waals surface area contributed by atoms with Gasteiger partial charge in [0, 0.05) is 77.9 Å². The van der Waals surface area contributed by atoms with E-state index in [1.54, 1.807) is 0 Å². The zero-order valence-electron chi connectivity index (χ0n) is 86.8. The average Bonchev–Trinajstić information content (AvgIpc) is 1.59. The molecule has 4 nitrogen and oxygen atoms in total. The maximum absolute atomic E-state index is 10.6. The van der Waals surface area contributed by atoms with Crippen LogP contribution in [0.4, 0.5) is 34.1 Å². The monoisotopic (exact) mass is 1630 g/mol. The Morgan fingerprint density at radius 3 is 0.808 bits per heavy atom. The highest BCUT2D eigenvalue weighted by atomic mass is 15.2. The molecule has 20 rings (SSSR count). The summed E-state index contributed by atoms with van der Waals surface area (Å²) in [7, 11) is 0. The normalized spacial score (nSPS) is 14.5. The number of benzene rings is 16. The molecule has 614 valence electrons. The first-order valence-corrected chi connectivity index (χ1v) is 43.9. The Balaban J connectivity index is 1.02. The van der Waals surface area contributed by atoms with E-state index in [1.807, 2.05) is 135 Å². The molecule has 18 aromatic rings. The molecule has 4 heterocycles. The third-order valence-corrected chi connectivity index (χ3v) is 25.4. The van der Waals surface area contributed by atoms with Gasteiger partial charge in [0.05, 0.1) is 49.9 Å². The number of aromatic nitrogens is 2. The predicted octanol–water partition coefficient (Wildman–Crippen LogP) is 31.4. The third kappa shape index (κ3) is 14.1. The number of hydrogen-bond donors (Lipinski definition) is 0. The van der Waals surface area contributed by atoms with Crippen LogP contribution in [0.5, 0.6) is 0 Å². The smallest absolute Gasteiger partial charge is 0.252 e. The van der Waals surface area contributed by atoms with Gasteiger partial charge in [-0.1, -0.05) is 349 Å². The summed E-state index contributed by atoms with van der Waals surface area (Å²) in [6.07, 6.45) is 0. The lowest BCUT2D eigenvalue weighted by molar-refractivity contribution is 0.590. The summed E-state index contributed by atoms with van der Waals surface area (Å²) in [5, 5.41) is 1.02. The second kappa shape index (κ2) is 29.8. The van der Waals surface area contributed by atoms with Gasteiger partial charge in [0.25, 0.3) is 6.71 Å². The highest BCUT2D eigenvalue weighted by molar-refractivity contribution is 7.00. The fraction of sp³-hybridized carbons (Fsp3) is 0.200. The van der Waals surface area contributed by atoms with Crippen molar-refractivity contribution >= 4 is 101 Å². The fourth-order valence-corrected chi connectivity index (χ4v) is 18.5. The lowest BCUT2D eigenvalue weighted by atomic mass is 9.33. The molecule has 0 fully saturated rings. The Labute approximate surface area is 757 Å². The molecule has 0 saturated heterocycles. The standard InChI is InChI=1S/C120H111BN4/c1-115(2,3)86-50-58-104-98(66-86)99-67-87(116(4,5)6)51-59-105(99)122(104)92-54-56-102-108(74-92)124(113-94(79-42-30-22-31-43-79)64-85(78-40-28-21-29-41-78)65-95(113)80-44-32-23-33-45-80)110-72-91(120(16,17)18)73-111-112(110)121(102)103-57-55-93(123-106-60-52-88(117(7,8)9)68-100(106)101-69-89(118(10,11)12)53-61-107(101)123)75-109(103)125(111)114-96(83-48-34-46-81(62-83)76-36-24-19-25-37-76)70-90(119(13,14)15)71-97(114)84-49-35-47-82(63-84)77-38-26-20-27-39-77/h19-75H,1-18H3/i50D,51D,52D,53D,58D,59D,60D,61D,66D,67D,68D,69D. The van der Waals surface area contributed by atoms with Crippen molar-refractivity contribution in [3.8, 4) is 89.3 Å². The van der Waals surface area contributed by atoms with Crippen LogP contribution in [0, 0.1) is 0 Å². The molecule has 0 amide bonds. The van der Waals surface area contributed by atoms with E-state index in [-0.39, 0.29) is 116 Å². The summed E-state index contributed by atoms with van der Waals surface area (Å²) in [4.78, 5) is 4.94. The van der Waals surface area contributed by atoms with Crippen molar-refractivity contribution in [2.45, 2.75) is 157 Å². The molecule has 2 aliphatic heterocycles. The van der Waals surface area contributed by atoms with Crippen molar-refractivity contribution < 1.29 is 16.4 Å². The Morgan fingerprint density at radius 1 is 0.224 bits per heavy atom. The zero-order valence-corrected chi connectivity index (χ0v) is 74.8. The molecule has 0 unspecified atom stereocenters. The second-order valence-electron chi connectivity index (χ2n) is 40.4. The van der Waals surface area contributed by atoms with Gasteiger partial charge in [-0.2, -0.15) is 0 Å². The van der Waals surface area contributed by atoms with E-state index in [1.165, 1.54) is 0 Å². The largest absolute Gasteiger partial charge is 0.310 e. The van der Waals surface area contributed by atoms with E-state index >= 15 is 0 Å². The predicted molar refractivity (Wildman–Crippen MR) is 539 cm³/mol. The SMILES string of the molecule is [2H]c1c(C(C)(C)C)c([2H])c2c3c([2H])c(C(C)(C)C)c([2H])c([2H])c3n(-c3ccc4c(c3)N(c3c(-c5ccccc5)cc(-c5ccccc5)cc3-c3ccccc3)c3cc(C(C)(C)C)cc5c3B4c3ccc(-n4c6c([2H])c([2H])c(C(C)(C)C)c([2H])c6c6c([2H])c(C(C)(C)C)c([2H])c([2H])c64)cc3N5c3c(-c4cccc(-c5ccccc5)c4)cc(C(C)(C)C)cc3-c3cccc(-c4ccccc4)c3)c2c1[2H]. The molecule has 0 radical (unpaired) electrons. The van der Waals surface area contributed by atoms with E-state index in [2.05, 4.69) is 282 Å². The van der Waals surface area contributed by atoms with Crippen molar-refractivity contribution in [3.63, 3.8) is 0 Å². The molecule has 2 aromatic heterocycles. The zero-order chi connectivity index (χ0) is 97.2. The van der Waals surface area contributed by atoms with Crippen molar-refractivity contribution in [1.29, 1.82) is 0 Å². The fourth-order valence-electron chi connectivity index (χ4n) is 18.5. The molecule has 2 aliphatic rings. The number of fused-ring (bicyclic) bond motifs is 10. The molecule has 0 N–H and O–H groups in total. The van der Waals surface area contributed by atoms with Crippen LogP contribution in [-0.4, -0.2) is 15.8 Å². The topological polar surface area (TPSA) is 16.3 Å². The maximum Gasteiger partial charge on any atom is 0.252 e. The van der Waals surface area contributed by atoms with E-state index in [0.29, 0.717) is 45.0 Å². The van der Waals surface area contributed by atoms with Gasteiger partial charge in [0.15, 0.2) is 0 Å². The van der Waals surface area contributed by atoms with Gasteiger partial charge in [0.1, 0.15) is 0 Å². The first-order valence-electron chi connectivity index (χ1n) is 49.9. The number of nitrogens with zero attached hydrogens (tertiary/aromatic N) is 4. The Morgan fingerprint density at radius 2 is 0.496 bits per heavy atom. The number of rotatable bonds is 11. The first-order chi connectivity index (χ1) is 64.8. The molecule has 0 aliphatic carbocycles. The first kappa shape index (κ1) is 67.3. The van der Waals surface area contributed by atoms with Crippen LogP contribution in [-0.2, 0) is 32.5 Å². The van der Waals surface area contributed by atoms with Crippen LogP contribution in [0.3, 0.4) is 0 Å². The Bertz CT molecular complexity index is 7740. The van der Waals surface area contributed by atoms with E-state index < -0.39 is 39.2 Å². The van der Waals surface area contributed by atoms with Gasteiger partial charge >= 0.3 is 0 Å². The van der Waals surface area contributed by atoms with Crippen LogP contribution in [0.2, 0.25) is 0 Å². The van der Waals surface area contributed by atoms with Crippen molar-refractivity contribution in [3.05, 3.63) is 379 Å². The molecule has 0 bridgehead atoms. The highest BCUT2D eigenvalue weighted by Gasteiger charge is 2.47. The van der Waals surface area contributed by atoms with Gasteiger partial charge in [-0.3, -0.25) is 0 Å². The summed E-state index contributed by atoms with van der Waals surface area (Å²) in [6.45, 7) is 36.1. The van der Waals surface area contributed by atoms with Crippen LogP contribution >= 0.6 is 0 Å². The molecule has 0 spiro atoms. The van der Waals surface area contributed by atoms with E-state index in [0.717, 1.165) is 128 Å². The van der Waals surface area contributed by atoms with Crippen LogP contribution in [0.1, 0.15) is 174 Å². The maximum atomic E-state index is 10.6. The van der Waals surface area contributed by atoms with Crippen molar-refractivity contribution in [2.24, 2.45) is 0 Å². The minimum Gasteiger partial charge on any atom is -0.310 e. The van der Waals surface area contributed by atoms with Crippen molar-refractivity contribution in [1.82, 2.24) is 9.13 Å². The summed E-state index contributed by atoms with van der Waals surface area (Å²) < 4.78 is 129. The minimum absolute atomic E-state index is 0.0180. The average molecular weight is 1630 g/mol. The van der Waals surface area contributed by atoms with E-state index in [4.69, 9.17) is 0 Å². The lowest BCUT2D eigenvalue weighted by Crippen LogP contribution is -2.61. The van der Waals surface area contributed by atoms with Crippen LogP contribution < -0.4 is 26.2 Å². The van der Waals surface area contributed by atoms with Gasteiger partial charge in [0.2, 0.25) is 0 Å². The summed E-state index contributed by atoms with van der Waals surface area (Å²) in [5.41, 5.74) is 21.1. The highest BCUT2D eigenvalue weighted by Crippen LogP contribution is 2.57. The summed E-state index contributed by atoms with van der Waals surface area (Å²) in [6, 6.07) is 95.7. The molecule has 16 aromatic carbocycles. The molecular weight excluding hydrogens is 1510 g/mol. The quantitative estimate of drug-likeness (QED) is 0.120. The molecule has 5 heteroatoms. The minimum atomic E-state index is -0.826. The van der Waals surface area contributed by atoms with Gasteiger partial charge in [-0.05, 0) is 259 Å². The van der Waals surface area contributed by atoms with Gasteiger partial charge in [-0.15, -0.1) is 0 Å². The Kier molecular flexibility index (Phi) is 16.0. The van der Waals surface area contributed by atoms with Gasteiger partial charge in [-0.25, -0.2) is 0 Å². The third-order valence-electron chi connectivity index (χ3n) is 25.4. The number of anilines is 6. The van der Waals surface area contributed by atoms with Crippen molar-refractivity contribution in [2.75, 3.05) is 9.80 Å². The van der Waals surface area contributed by atoms with Crippen LogP contribution in [0.25, 0.3) is 133 Å². The molecule has 0 atom stereocenters. The van der Waals surface area contributed by atoms with Crippen LogP contribution in [0.15, 0.2) is 345 Å². The molecule has 125 heavy (non-hydrogen) atoms. The van der Waals surface area contributed by atoms with E-state index in [9.17, 15) is 16.4 Å². The lowest BCUT2D eigenvalue weighted by Gasteiger charge is -2.46. The number of hydrogen-bond acceptors (Lipinski definition) is 2. The summed E-state index contributed by atoms with van der Waals surface area (Å²) >= 11 is 0. The van der Waals surface area contributed by atoms with Gasteiger partial charge < -0.3 is 18.9 Å². The molecule has 0 saturated carbocycles. The molecular formula is C120H111BN4. The second-order valence-corrected chi connectivity index (χ2v) is 40.4. The Hall–Kier alpha value is -13.2. The summed E-state index contributed by atoms with van der Waals surface area (Å²) in [5.74, 6) is 0.